The van der Waals surface area contributed by atoms with Crippen LogP contribution in [0.2, 0.25) is 0 Å². The second kappa shape index (κ2) is 9.32. The van der Waals surface area contributed by atoms with Crippen molar-refractivity contribution in [2.45, 2.75) is 32.2 Å². The molecule has 0 spiro atoms. The zero-order chi connectivity index (χ0) is 19.1. The van der Waals surface area contributed by atoms with Crippen molar-refractivity contribution < 1.29 is 9.53 Å². The first kappa shape index (κ1) is 19.1. The van der Waals surface area contributed by atoms with Gasteiger partial charge in [-0.1, -0.05) is 12.1 Å². The number of hydrogen-bond donors (Lipinski definition) is 2. The van der Waals surface area contributed by atoms with E-state index in [0.717, 1.165) is 49.8 Å². The SMILES string of the molecule is COC(=O)CCN1CCC(Nc2cc(Nc3cccc(C)c3)ncn2)CC1. The Balaban J connectivity index is 1.49. The van der Waals surface area contributed by atoms with Gasteiger partial charge in [0.25, 0.3) is 0 Å². The van der Waals surface area contributed by atoms with Gasteiger partial charge in [-0.05, 0) is 37.5 Å². The van der Waals surface area contributed by atoms with Gasteiger partial charge in [-0.3, -0.25) is 4.79 Å². The van der Waals surface area contributed by atoms with Gasteiger partial charge in [-0.25, -0.2) is 9.97 Å². The number of methoxy groups -OCH3 is 1. The normalized spacial score (nSPS) is 15.3. The Morgan fingerprint density at radius 2 is 2.00 bits per heavy atom. The molecular formula is C20H27N5O2. The average Bonchev–Trinajstić information content (AvgIpc) is 2.67. The van der Waals surface area contributed by atoms with E-state index in [1.807, 2.05) is 18.2 Å². The molecular weight excluding hydrogens is 342 g/mol. The summed E-state index contributed by atoms with van der Waals surface area (Å²) in [6.45, 7) is 4.76. The summed E-state index contributed by atoms with van der Waals surface area (Å²) in [5, 5.41) is 6.82. The number of nitrogens with zero attached hydrogens (tertiary/aromatic N) is 3. The molecule has 1 aliphatic heterocycles. The van der Waals surface area contributed by atoms with Crippen LogP contribution in [0.4, 0.5) is 17.3 Å². The standard InChI is InChI=1S/C20H27N5O2/c1-15-4-3-5-17(12-15)24-19-13-18(21-14-22-19)23-16-6-9-25(10-7-16)11-8-20(26)27-2/h3-5,12-14,16H,6-11H2,1-2H3,(H2,21,22,23,24). The summed E-state index contributed by atoms with van der Waals surface area (Å²) in [4.78, 5) is 22.2. The number of anilines is 3. The van der Waals surface area contributed by atoms with Crippen LogP contribution in [-0.2, 0) is 9.53 Å². The van der Waals surface area contributed by atoms with Crippen LogP contribution in [-0.4, -0.2) is 53.6 Å². The Labute approximate surface area is 160 Å². The fourth-order valence-corrected chi connectivity index (χ4v) is 3.24. The first-order chi connectivity index (χ1) is 13.1. The van der Waals surface area contributed by atoms with Crippen LogP contribution >= 0.6 is 0 Å². The van der Waals surface area contributed by atoms with Gasteiger partial charge in [-0.2, -0.15) is 0 Å². The highest BCUT2D eigenvalue weighted by Gasteiger charge is 2.20. The topological polar surface area (TPSA) is 79.4 Å². The van der Waals surface area contributed by atoms with Crippen molar-refractivity contribution in [2.75, 3.05) is 37.4 Å². The number of aromatic nitrogens is 2. The lowest BCUT2D eigenvalue weighted by molar-refractivity contribution is -0.141. The third-order valence-corrected chi connectivity index (χ3v) is 4.76. The number of rotatable bonds is 7. The number of carbonyl (C=O) groups is 1. The van der Waals surface area contributed by atoms with E-state index in [9.17, 15) is 4.79 Å². The Kier molecular flexibility index (Phi) is 6.59. The van der Waals surface area contributed by atoms with E-state index in [2.05, 4.69) is 44.6 Å². The molecule has 0 aliphatic carbocycles. The zero-order valence-electron chi connectivity index (χ0n) is 15.9. The molecule has 0 bridgehead atoms. The highest BCUT2D eigenvalue weighted by molar-refractivity contribution is 5.69. The second-order valence-corrected chi connectivity index (χ2v) is 6.87. The summed E-state index contributed by atoms with van der Waals surface area (Å²) in [5.41, 5.74) is 2.21. The molecule has 7 heteroatoms. The highest BCUT2D eigenvalue weighted by atomic mass is 16.5. The molecule has 1 aromatic carbocycles. The zero-order valence-corrected chi connectivity index (χ0v) is 15.9. The lowest BCUT2D eigenvalue weighted by Gasteiger charge is -2.32. The minimum Gasteiger partial charge on any atom is -0.469 e. The van der Waals surface area contributed by atoms with Gasteiger partial charge in [0.05, 0.1) is 13.5 Å². The van der Waals surface area contributed by atoms with Gasteiger partial charge in [0.15, 0.2) is 0 Å². The molecule has 0 amide bonds. The molecule has 1 aromatic heterocycles. The van der Waals surface area contributed by atoms with E-state index in [-0.39, 0.29) is 5.97 Å². The van der Waals surface area contributed by atoms with Crippen molar-refractivity contribution in [2.24, 2.45) is 0 Å². The molecule has 27 heavy (non-hydrogen) atoms. The number of esters is 1. The summed E-state index contributed by atoms with van der Waals surface area (Å²) >= 11 is 0. The lowest BCUT2D eigenvalue weighted by atomic mass is 10.0. The van der Waals surface area contributed by atoms with Crippen LogP contribution < -0.4 is 10.6 Å². The molecule has 0 radical (unpaired) electrons. The van der Waals surface area contributed by atoms with Crippen molar-refractivity contribution in [3.8, 4) is 0 Å². The summed E-state index contributed by atoms with van der Waals surface area (Å²) in [5.74, 6) is 1.45. The largest absolute Gasteiger partial charge is 0.469 e. The van der Waals surface area contributed by atoms with E-state index in [1.165, 1.54) is 12.7 Å². The number of carbonyl (C=O) groups excluding carboxylic acids is 1. The second-order valence-electron chi connectivity index (χ2n) is 6.87. The monoisotopic (exact) mass is 369 g/mol. The number of benzene rings is 1. The molecule has 2 N–H and O–H groups in total. The molecule has 0 atom stereocenters. The van der Waals surface area contributed by atoms with Gasteiger partial charge in [-0.15, -0.1) is 0 Å². The van der Waals surface area contributed by atoms with Crippen LogP contribution in [0, 0.1) is 6.92 Å². The average molecular weight is 369 g/mol. The molecule has 1 aliphatic rings. The molecule has 2 aromatic rings. The maximum atomic E-state index is 11.3. The van der Waals surface area contributed by atoms with E-state index >= 15 is 0 Å². The van der Waals surface area contributed by atoms with Gasteiger partial charge in [0, 0.05) is 37.4 Å². The maximum Gasteiger partial charge on any atom is 0.306 e. The number of nitrogens with one attached hydrogen (secondary N) is 2. The first-order valence-electron chi connectivity index (χ1n) is 9.34. The Hall–Kier alpha value is -2.67. The number of aryl methyl sites for hydroxylation is 1. The Morgan fingerprint density at radius 1 is 1.22 bits per heavy atom. The van der Waals surface area contributed by atoms with Crippen LogP contribution in [0.25, 0.3) is 0 Å². The highest BCUT2D eigenvalue weighted by Crippen LogP contribution is 2.20. The number of likely N-dealkylation sites (tertiary alicyclic amines) is 1. The molecule has 0 saturated carbocycles. The number of ether oxygens (including phenoxy) is 1. The van der Waals surface area contributed by atoms with Crippen LogP contribution in [0.15, 0.2) is 36.7 Å². The van der Waals surface area contributed by atoms with E-state index in [0.29, 0.717) is 12.5 Å². The van der Waals surface area contributed by atoms with Crippen molar-refractivity contribution in [3.05, 3.63) is 42.2 Å². The van der Waals surface area contributed by atoms with Crippen molar-refractivity contribution in [3.63, 3.8) is 0 Å². The van der Waals surface area contributed by atoms with E-state index < -0.39 is 0 Å². The predicted molar refractivity (Wildman–Crippen MR) is 106 cm³/mol. The van der Waals surface area contributed by atoms with Crippen molar-refractivity contribution in [1.82, 2.24) is 14.9 Å². The lowest BCUT2D eigenvalue weighted by Crippen LogP contribution is -2.40. The number of piperidine rings is 1. The minimum atomic E-state index is -0.148. The molecule has 1 fully saturated rings. The molecule has 3 rings (SSSR count). The van der Waals surface area contributed by atoms with Gasteiger partial charge >= 0.3 is 5.97 Å². The van der Waals surface area contributed by atoms with Gasteiger partial charge in [0.1, 0.15) is 18.0 Å². The molecule has 0 unspecified atom stereocenters. The predicted octanol–water partition coefficient (Wildman–Crippen LogP) is 2.97. The molecule has 2 heterocycles. The van der Waals surface area contributed by atoms with E-state index in [1.54, 1.807) is 6.33 Å². The van der Waals surface area contributed by atoms with Gasteiger partial charge < -0.3 is 20.3 Å². The fraction of sp³-hybridized carbons (Fsp3) is 0.450. The minimum absolute atomic E-state index is 0.148. The summed E-state index contributed by atoms with van der Waals surface area (Å²) in [7, 11) is 1.43. The quantitative estimate of drug-likeness (QED) is 0.726. The van der Waals surface area contributed by atoms with E-state index in [4.69, 9.17) is 4.74 Å². The summed E-state index contributed by atoms with van der Waals surface area (Å²) < 4.78 is 4.70. The third-order valence-electron chi connectivity index (χ3n) is 4.76. The third kappa shape index (κ3) is 5.92. The Bertz CT molecular complexity index is 760. The summed E-state index contributed by atoms with van der Waals surface area (Å²) in [6, 6.07) is 10.5. The summed E-state index contributed by atoms with van der Waals surface area (Å²) in [6.07, 6.45) is 4.07. The maximum absolute atomic E-state index is 11.3. The van der Waals surface area contributed by atoms with Crippen LogP contribution in [0.1, 0.15) is 24.8 Å². The van der Waals surface area contributed by atoms with Crippen molar-refractivity contribution >= 4 is 23.3 Å². The van der Waals surface area contributed by atoms with Crippen LogP contribution in [0.3, 0.4) is 0 Å². The molecule has 7 nitrogen and oxygen atoms in total. The Morgan fingerprint density at radius 3 is 2.74 bits per heavy atom. The molecule has 144 valence electrons. The van der Waals surface area contributed by atoms with Crippen molar-refractivity contribution in [1.29, 1.82) is 0 Å². The molecule has 1 saturated heterocycles. The van der Waals surface area contributed by atoms with Crippen LogP contribution in [0.5, 0.6) is 0 Å². The fourth-order valence-electron chi connectivity index (χ4n) is 3.24. The smallest absolute Gasteiger partial charge is 0.306 e. The van der Waals surface area contributed by atoms with Gasteiger partial charge in [0.2, 0.25) is 0 Å². The number of hydrogen-bond acceptors (Lipinski definition) is 7. The first-order valence-corrected chi connectivity index (χ1v) is 9.34.